The summed E-state index contributed by atoms with van der Waals surface area (Å²) in [4.78, 5) is 8.66. The summed E-state index contributed by atoms with van der Waals surface area (Å²) in [5.74, 6) is 0.817. The van der Waals surface area contributed by atoms with Crippen molar-refractivity contribution in [2.24, 2.45) is 0 Å². The Balaban J connectivity index is 1.75. The van der Waals surface area contributed by atoms with Crippen LogP contribution in [0.25, 0.3) is 10.9 Å². The van der Waals surface area contributed by atoms with Gasteiger partial charge in [0, 0.05) is 11.9 Å². The first kappa shape index (κ1) is 15.4. The molecule has 4 nitrogen and oxygen atoms in total. The number of fused-ring (bicyclic) bond motifs is 1. The van der Waals surface area contributed by atoms with Crippen LogP contribution in [0.4, 0.5) is 5.82 Å². The van der Waals surface area contributed by atoms with E-state index >= 15 is 0 Å². The normalized spacial score (nSPS) is 13.7. The van der Waals surface area contributed by atoms with Crippen molar-refractivity contribution in [2.45, 2.75) is 25.9 Å². The molecule has 4 heteroatoms. The first-order valence-corrected chi connectivity index (χ1v) is 7.80. The molecule has 0 fully saturated rings. The van der Waals surface area contributed by atoms with E-state index in [1.807, 2.05) is 49.4 Å². The van der Waals surface area contributed by atoms with Crippen molar-refractivity contribution < 1.29 is 5.11 Å². The van der Waals surface area contributed by atoms with Crippen molar-refractivity contribution in [2.75, 3.05) is 11.9 Å². The molecule has 0 saturated heterocycles. The van der Waals surface area contributed by atoms with Crippen LogP contribution in [0.1, 0.15) is 24.5 Å². The molecule has 1 aromatic heterocycles. The van der Waals surface area contributed by atoms with Crippen molar-refractivity contribution in [3.05, 3.63) is 66.0 Å². The molecule has 3 aromatic rings. The Morgan fingerprint density at radius 2 is 1.83 bits per heavy atom. The van der Waals surface area contributed by atoms with Gasteiger partial charge in [0.25, 0.3) is 0 Å². The Kier molecular flexibility index (Phi) is 4.26. The average molecular weight is 307 g/mol. The third-order valence-electron chi connectivity index (χ3n) is 4.17. The van der Waals surface area contributed by atoms with E-state index in [9.17, 15) is 5.11 Å². The Labute approximate surface area is 136 Å². The maximum atomic E-state index is 10.7. The fourth-order valence-electron chi connectivity index (χ4n) is 2.78. The monoisotopic (exact) mass is 307 g/mol. The van der Waals surface area contributed by atoms with Crippen LogP contribution in [0.15, 0.2) is 54.9 Å². The van der Waals surface area contributed by atoms with Crippen molar-refractivity contribution in [1.29, 1.82) is 0 Å². The third kappa shape index (κ3) is 3.32. The first-order chi connectivity index (χ1) is 11.1. The van der Waals surface area contributed by atoms with Gasteiger partial charge in [-0.25, -0.2) is 9.97 Å². The minimum Gasteiger partial charge on any atom is -0.385 e. The van der Waals surface area contributed by atoms with Gasteiger partial charge in [-0.05, 0) is 37.5 Å². The second-order valence-corrected chi connectivity index (χ2v) is 6.01. The molecule has 0 aliphatic heterocycles. The smallest absolute Gasteiger partial charge is 0.137 e. The fourth-order valence-corrected chi connectivity index (χ4v) is 2.78. The van der Waals surface area contributed by atoms with Crippen LogP contribution in [-0.2, 0) is 5.60 Å². The molecular formula is C19H21N3O. The Bertz CT molecular complexity index is 795. The SMILES string of the molecule is Cc1cccc2ncnc(NCCC(C)(O)c3ccccc3)c12. The average Bonchev–Trinajstić information content (AvgIpc) is 2.56. The standard InChI is InChI=1S/C19H21N3O/c1-14-7-6-10-16-17(14)18(22-13-21-16)20-12-11-19(2,23)15-8-4-3-5-9-15/h3-10,13,23H,11-12H2,1-2H3,(H,20,21,22). The summed E-state index contributed by atoms with van der Waals surface area (Å²) in [6.45, 7) is 4.52. The van der Waals surface area contributed by atoms with E-state index in [4.69, 9.17) is 0 Å². The minimum absolute atomic E-state index is 0.592. The van der Waals surface area contributed by atoms with Gasteiger partial charge in [-0.3, -0.25) is 0 Å². The summed E-state index contributed by atoms with van der Waals surface area (Å²) < 4.78 is 0. The summed E-state index contributed by atoms with van der Waals surface area (Å²) in [6.07, 6.45) is 2.16. The lowest BCUT2D eigenvalue weighted by atomic mass is 9.92. The Hall–Kier alpha value is -2.46. The number of anilines is 1. The fraction of sp³-hybridized carbons (Fsp3) is 0.263. The molecule has 0 bridgehead atoms. The lowest BCUT2D eigenvalue weighted by Crippen LogP contribution is -2.24. The molecule has 0 aliphatic carbocycles. The van der Waals surface area contributed by atoms with Gasteiger partial charge in [-0.1, -0.05) is 42.5 Å². The van der Waals surface area contributed by atoms with Gasteiger partial charge < -0.3 is 10.4 Å². The van der Waals surface area contributed by atoms with Crippen LogP contribution in [0.5, 0.6) is 0 Å². The van der Waals surface area contributed by atoms with Crippen molar-refractivity contribution in [3.8, 4) is 0 Å². The molecule has 2 N–H and O–H groups in total. The predicted octanol–water partition coefficient (Wildman–Crippen LogP) is 3.65. The third-order valence-corrected chi connectivity index (χ3v) is 4.17. The zero-order valence-electron chi connectivity index (χ0n) is 13.5. The summed E-state index contributed by atoms with van der Waals surface area (Å²) in [7, 11) is 0. The molecule has 1 unspecified atom stereocenters. The number of nitrogens with zero attached hydrogens (tertiary/aromatic N) is 2. The van der Waals surface area contributed by atoms with Gasteiger partial charge in [0.05, 0.1) is 11.1 Å². The van der Waals surface area contributed by atoms with Crippen LogP contribution < -0.4 is 5.32 Å². The second-order valence-electron chi connectivity index (χ2n) is 6.01. The van der Waals surface area contributed by atoms with Crippen LogP contribution >= 0.6 is 0 Å². The topological polar surface area (TPSA) is 58.0 Å². The molecule has 0 radical (unpaired) electrons. The summed E-state index contributed by atoms with van der Waals surface area (Å²) >= 11 is 0. The van der Waals surface area contributed by atoms with Gasteiger partial charge in [0.1, 0.15) is 12.1 Å². The largest absolute Gasteiger partial charge is 0.385 e. The molecule has 0 aliphatic rings. The molecule has 1 atom stereocenters. The number of benzene rings is 2. The maximum Gasteiger partial charge on any atom is 0.137 e. The Morgan fingerprint density at radius 3 is 2.61 bits per heavy atom. The highest BCUT2D eigenvalue weighted by Crippen LogP contribution is 2.26. The summed E-state index contributed by atoms with van der Waals surface area (Å²) in [5.41, 5.74) is 2.12. The van der Waals surface area contributed by atoms with E-state index < -0.39 is 5.60 Å². The summed E-state index contributed by atoms with van der Waals surface area (Å²) in [5, 5.41) is 15.0. The van der Waals surface area contributed by atoms with E-state index in [-0.39, 0.29) is 0 Å². The molecule has 118 valence electrons. The van der Waals surface area contributed by atoms with Gasteiger partial charge in [-0.2, -0.15) is 0 Å². The van der Waals surface area contributed by atoms with E-state index in [0.29, 0.717) is 13.0 Å². The van der Waals surface area contributed by atoms with E-state index in [2.05, 4.69) is 28.3 Å². The number of rotatable bonds is 5. The number of hydrogen-bond acceptors (Lipinski definition) is 4. The number of nitrogens with one attached hydrogen (secondary N) is 1. The predicted molar refractivity (Wildman–Crippen MR) is 93.4 cm³/mol. The molecule has 0 saturated carbocycles. The van der Waals surface area contributed by atoms with Crippen LogP contribution in [0, 0.1) is 6.92 Å². The van der Waals surface area contributed by atoms with Gasteiger partial charge in [-0.15, -0.1) is 0 Å². The van der Waals surface area contributed by atoms with E-state index in [0.717, 1.165) is 27.8 Å². The number of aromatic nitrogens is 2. The molecule has 3 rings (SSSR count). The van der Waals surface area contributed by atoms with Gasteiger partial charge >= 0.3 is 0 Å². The molecule has 1 heterocycles. The van der Waals surface area contributed by atoms with Crippen molar-refractivity contribution in [3.63, 3.8) is 0 Å². The van der Waals surface area contributed by atoms with E-state index in [1.54, 1.807) is 6.33 Å². The number of hydrogen-bond donors (Lipinski definition) is 2. The number of aryl methyl sites for hydroxylation is 1. The maximum absolute atomic E-state index is 10.7. The highest BCUT2D eigenvalue weighted by Gasteiger charge is 2.22. The first-order valence-electron chi connectivity index (χ1n) is 7.80. The van der Waals surface area contributed by atoms with Gasteiger partial charge in [0.15, 0.2) is 0 Å². The molecule has 2 aromatic carbocycles. The second kappa shape index (κ2) is 6.34. The zero-order chi connectivity index (χ0) is 16.3. The molecular weight excluding hydrogens is 286 g/mol. The quantitative estimate of drug-likeness (QED) is 0.755. The van der Waals surface area contributed by atoms with Crippen LogP contribution in [0.3, 0.4) is 0 Å². The molecule has 0 spiro atoms. The zero-order valence-corrected chi connectivity index (χ0v) is 13.5. The summed E-state index contributed by atoms with van der Waals surface area (Å²) in [6, 6.07) is 15.8. The highest BCUT2D eigenvalue weighted by molar-refractivity contribution is 5.91. The van der Waals surface area contributed by atoms with E-state index in [1.165, 1.54) is 0 Å². The number of aliphatic hydroxyl groups is 1. The lowest BCUT2D eigenvalue weighted by molar-refractivity contribution is 0.0515. The van der Waals surface area contributed by atoms with Crippen LogP contribution in [-0.4, -0.2) is 21.6 Å². The Morgan fingerprint density at radius 1 is 1.04 bits per heavy atom. The van der Waals surface area contributed by atoms with Crippen molar-refractivity contribution in [1.82, 2.24) is 9.97 Å². The van der Waals surface area contributed by atoms with Crippen molar-refractivity contribution >= 4 is 16.7 Å². The lowest BCUT2D eigenvalue weighted by Gasteiger charge is -2.24. The molecule has 23 heavy (non-hydrogen) atoms. The van der Waals surface area contributed by atoms with Crippen LogP contribution in [0.2, 0.25) is 0 Å². The highest BCUT2D eigenvalue weighted by atomic mass is 16.3. The minimum atomic E-state index is -0.869. The van der Waals surface area contributed by atoms with Gasteiger partial charge in [0.2, 0.25) is 0 Å². The molecule has 0 amide bonds.